The molecule has 1 fully saturated rings. The van der Waals surface area contributed by atoms with Crippen LogP contribution in [0.5, 0.6) is 5.75 Å². The summed E-state index contributed by atoms with van der Waals surface area (Å²) in [5.74, 6) is 0.797. The zero-order chi connectivity index (χ0) is 15.1. The summed E-state index contributed by atoms with van der Waals surface area (Å²) in [7, 11) is 0. The number of hydrogen-bond donors (Lipinski definition) is 1. The topological polar surface area (TPSA) is 47.7 Å². The lowest BCUT2D eigenvalue weighted by Crippen LogP contribution is -2.40. The van der Waals surface area contributed by atoms with Crippen LogP contribution in [-0.4, -0.2) is 32.4 Å². The third-order valence-corrected chi connectivity index (χ3v) is 3.78. The van der Waals surface area contributed by atoms with Crippen LogP contribution >= 0.6 is 0 Å². The lowest BCUT2D eigenvalue weighted by atomic mass is 10.1. The summed E-state index contributed by atoms with van der Waals surface area (Å²) in [6, 6.07) is 6.05. The minimum absolute atomic E-state index is 0.318. The number of nitrogens with zero attached hydrogens (tertiary/aromatic N) is 1. The van der Waals surface area contributed by atoms with Crippen molar-refractivity contribution in [1.82, 2.24) is 0 Å². The Labute approximate surface area is 128 Å². The monoisotopic (exact) mass is 292 g/mol. The molecule has 1 unspecified atom stereocenters. The first kappa shape index (κ1) is 16.0. The molecule has 2 rings (SSSR count). The number of rotatable bonds is 7. The van der Waals surface area contributed by atoms with Gasteiger partial charge in [0.2, 0.25) is 0 Å². The van der Waals surface area contributed by atoms with Crippen molar-refractivity contribution >= 4 is 11.4 Å². The van der Waals surface area contributed by atoms with Crippen molar-refractivity contribution in [2.45, 2.75) is 45.6 Å². The van der Waals surface area contributed by atoms with Crippen LogP contribution in [0, 0.1) is 0 Å². The SMILES string of the molecule is CCCOc1cccc(N2CCCC(OCCC)C2)c1N. The molecule has 4 heteroatoms. The average Bonchev–Trinajstić information content (AvgIpc) is 2.52. The van der Waals surface area contributed by atoms with Crippen LogP contribution in [0.2, 0.25) is 0 Å². The second-order valence-electron chi connectivity index (χ2n) is 5.62. The quantitative estimate of drug-likeness (QED) is 0.782. The Morgan fingerprint density at radius 3 is 2.81 bits per heavy atom. The van der Waals surface area contributed by atoms with Gasteiger partial charge in [0, 0.05) is 19.7 Å². The van der Waals surface area contributed by atoms with Crippen LogP contribution in [0.4, 0.5) is 11.4 Å². The molecule has 118 valence electrons. The van der Waals surface area contributed by atoms with E-state index in [1.165, 1.54) is 0 Å². The molecule has 21 heavy (non-hydrogen) atoms. The van der Waals surface area contributed by atoms with Crippen molar-refractivity contribution < 1.29 is 9.47 Å². The van der Waals surface area contributed by atoms with E-state index in [-0.39, 0.29) is 0 Å². The Kier molecular flexibility index (Phi) is 6.18. The van der Waals surface area contributed by atoms with Crippen molar-refractivity contribution in [2.75, 3.05) is 36.9 Å². The van der Waals surface area contributed by atoms with Crippen LogP contribution in [0.25, 0.3) is 0 Å². The van der Waals surface area contributed by atoms with E-state index >= 15 is 0 Å². The minimum atomic E-state index is 0.318. The van der Waals surface area contributed by atoms with E-state index in [1.807, 2.05) is 12.1 Å². The molecule has 4 nitrogen and oxygen atoms in total. The lowest BCUT2D eigenvalue weighted by Gasteiger charge is -2.35. The van der Waals surface area contributed by atoms with Gasteiger partial charge in [-0.05, 0) is 37.8 Å². The molecular formula is C17H28N2O2. The standard InChI is InChI=1S/C17H28N2O2/c1-3-11-20-14-7-6-10-19(13-14)15-8-5-9-16(17(15)18)21-12-4-2/h5,8-9,14H,3-4,6-7,10-13,18H2,1-2H3. The maximum absolute atomic E-state index is 6.29. The Hall–Kier alpha value is -1.42. The number of piperidine rings is 1. The summed E-state index contributed by atoms with van der Waals surface area (Å²) in [5.41, 5.74) is 8.12. The highest BCUT2D eigenvalue weighted by Crippen LogP contribution is 2.34. The summed E-state index contributed by atoms with van der Waals surface area (Å²) >= 11 is 0. The molecule has 1 aliphatic heterocycles. The summed E-state index contributed by atoms with van der Waals surface area (Å²) in [6.45, 7) is 7.74. The van der Waals surface area contributed by atoms with E-state index in [9.17, 15) is 0 Å². The summed E-state index contributed by atoms with van der Waals surface area (Å²) in [6.07, 6.45) is 4.66. The average molecular weight is 292 g/mol. The highest BCUT2D eigenvalue weighted by Gasteiger charge is 2.22. The zero-order valence-corrected chi connectivity index (χ0v) is 13.3. The molecule has 1 saturated heterocycles. The smallest absolute Gasteiger partial charge is 0.144 e. The predicted molar refractivity (Wildman–Crippen MR) is 88.1 cm³/mol. The number of benzene rings is 1. The van der Waals surface area contributed by atoms with E-state index in [0.29, 0.717) is 12.7 Å². The van der Waals surface area contributed by atoms with Gasteiger partial charge in [-0.15, -0.1) is 0 Å². The van der Waals surface area contributed by atoms with Crippen molar-refractivity contribution in [3.63, 3.8) is 0 Å². The zero-order valence-electron chi connectivity index (χ0n) is 13.3. The molecule has 2 N–H and O–H groups in total. The molecule has 1 aromatic carbocycles. The van der Waals surface area contributed by atoms with Crippen molar-refractivity contribution in [2.24, 2.45) is 0 Å². The van der Waals surface area contributed by atoms with E-state index < -0.39 is 0 Å². The van der Waals surface area contributed by atoms with E-state index in [1.54, 1.807) is 0 Å². The van der Waals surface area contributed by atoms with Crippen LogP contribution in [0.1, 0.15) is 39.5 Å². The van der Waals surface area contributed by atoms with Crippen molar-refractivity contribution in [3.8, 4) is 5.75 Å². The second-order valence-corrected chi connectivity index (χ2v) is 5.62. The van der Waals surface area contributed by atoms with Gasteiger partial charge in [0.05, 0.1) is 24.1 Å². The minimum Gasteiger partial charge on any atom is -0.491 e. The van der Waals surface area contributed by atoms with Crippen LogP contribution in [-0.2, 0) is 4.74 Å². The second kappa shape index (κ2) is 8.13. The van der Waals surface area contributed by atoms with Gasteiger partial charge in [0.25, 0.3) is 0 Å². The van der Waals surface area contributed by atoms with Crippen LogP contribution in [0.3, 0.4) is 0 Å². The third kappa shape index (κ3) is 4.27. The van der Waals surface area contributed by atoms with Gasteiger partial charge in [0.1, 0.15) is 5.75 Å². The van der Waals surface area contributed by atoms with Gasteiger partial charge < -0.3 is 20.1 Å². The highest BCUT2D eigenvalue weighted by atomic mass is 16.5. The molecule has 1 aliphatic rings. The summed E-state index contributed by atoms with van der Waals surface area (Å²) in [5, 5.41) is 0. The van der Waals surface area contributed by atoms with Crippen LogP contribution in [0.15, 0.2) is 18.2 Å². The Bertz CT molecular complexity index is 437. The fourth-order valence-electron chi connectivity index (χ4n) is 2.72. The van der Waals surface area contributed by atoms with Gasteiger partial charge in [0.15, 0.2) is 0 Å². The van der Waals surface area contributed by atoms with Gasteiger partial charge in [-0.25, -0.2) is 0 Å². The van der Waals surface area contributed by atoms with Gasteiger partial charge >= 0.3 is 0 Å². The maximum atomic E-state index is 6.29. The fraction of sp³-hybridized carbons (Fsp3) is 0.647. The molecule has 0 radical (unpaired) electrons. The lowest BCUT2D eigenvalue weighted by molar-refractivity contribution is 0.0441. The third-order valence-electron chi connectivity index (χ3n) is 3.78. The summed E-state index contributed by atoms with van der Waals surface area (Å²) < 4.78 is 11.6. The molecule has 0 aromatic heterocycles. The Balaban J connectivity index is 2.06. The molecule has 1 heterocycles. The Morgan fingerprint density at radius 1 is 1.24 bits per heavy atom. The van der Waals surface area contributed by atoms with Crippen molar-refractivity contribution in [3.05, 3.63) is 18.2 Å². The van der Waals surface area contributed by atoms with E-state index in [2.05, 4.69) is 24.8 Å². The normalized spacial score (nSPS) is 18.8. The first-order valence-corrected chi connectivity index (χ1v) is 8.14. The molecule has 1 aromatic rings. The number of para-hydroxylation sites is 1. The highest BCUT2D eigenvalue weighted by molar-refractivity contribution is 5.74. The molecule has 0 aliphatic carbocycles. The molecule has 1 atom stereocenters. The largest absolute Gasteiger partial charge is 0.491 e. The number of hydrogen-bond acceptors (Lipinski definition) is 4. The van der Waals surface area contributed by atoms with Crippen molar-refractivity contribution in [1.29, 1.82) is 0 Å². The van der Waals surface area contributed by atoms with Gasteiger partial charge in [-0.3, -0.25) is 0 Å². The summed E-state index contributed by atoms with van der Waals surface area (Å²) in [4.78, 5) is 2.33. The van der Waals surface area contributed by atoms with E-state index in [4.69, 9.17) is 15.2 Å². The number of nitrogen functional groups attached to an aromatic ring is 1. The van der Waals surface area contributed by atoms with Gasteiger partial charge in [-0.2, -0.15) is 0 Å². The number of anilines is 2. The molecule has 0 amide bonds. The van der Waals surface area contributed by atoms with Gasteiger partial charge in [-0.1, -0.05) is 19.9 Å². The molecule has 0 bridgehead atoms. The fourth-order valence-corrected chi connectivity index (χ4v) is 2.72. The maximum Gasteiger partial charge on any atom is 0.144 e. The first-order valence-electron chi connectivity index (χ1n) is 8.14. The molecule has 0 spiro atoms. The molecule has 0 saturated carbocycles. The Morgan fingerprint density at radius 2 is 2.05 bits per heavy atom. The predicted octanol–water partition coefficient (Wildman–Crippen LogP) is 3.45. The van der Waals surface area contributed by atoms with Crippen LogP contribution < -0.4 is 15.4 Å². The molecular weight excluding hydrogens is 264 g/mol. The number of ether oxygens (including phenoxy) is 2. The number of nitrogens with two attached hydrogens (primary N) is 1. The first-order chi connectivity index (χ1) is 10.3. The van der Waals surface area contributed by atoms with E-state index in [0.717, 1.165) is 62.5 Å².